The Balaban J connectivity index is 1.66. The van der Waals surface area contributed by atoms with Crippen LogP contribution in [0.4, 0.5) is 4.39 Å². The topological polar surface area (TPSA) is 55.9 Å². The summed E-state index contributed by atoms with van der Waals surface area (Å²) in [6.07, 6.45) is 5.49. The van der Waals surface area contributed by atoms with Crippen LogP contribution in [0.5, 0.6) is 5.88 Å². The van der Waals surface area contributed by atoms with Gasteiger partial charge in [0, 0.05) is 42.3 Å². The number of rotatable bonds is 4. The van der Waals surface area contributed by atoms with Gasteiger partial charge in [0.25, 0.3) is 0 Å². The maximum Gasteiger partial charge on any atom is 0.201 e. The van der Waals surface area contributed by atoms with Crippen molar-refractivity contribution in [2.75, 3.05) is 0 Å². The fourth-order valence-corrected chi connectivity index (χ4v) is 3.79. The first kappa shape index (κ1) is 18.1. The molecule has 0 atom stereocenters. The molecule has 0 radical (unpaired) electrons. The van der Waals surface area contributed by atoms with Crippen LogP contribution in [0.3, 0.4) is 0 Å². The van der Waals surface area contributed by atoms with Crippen LogP contribution in [0, 0.1) is 5.82 Å². The molecule has 5 nitrogen and oxygen atoms in total. The van der Waals surface area contributed by atoms with Crippen molar-refractivity contribution in [2.45, 2.75) is 6.54 Å². The van der Waals surface area contributed by atoms with Crippen molar-refractivity contribution >= 4 is 10.9 Å². The Morgan fingerprint density at radius 1 is 0.933 bits per heavy atom. The molecule has 0 fully saturated rings. The molecule has 0 spiro atoms. The molecule has 3 aromatic heterocycles. The molecule has 0 aliphatic heterocycles. The quantitative estimate of drug-likeness (QED) is 0.464. The average molecular weight is 398 g/mol. The molecule has 0 aliphatic carbocycles. The van der Waals surface area contributed by atoms with Crippen LogP contribution in [-0.2, 0) is 13.6 Å². The number of aromatic nitrogens is 4. The van der Waals surface area contributed by atoms with Crippen LogP contribution >= 0.6 is 0 Å². The van der Waals surface area contributed by atoms with Gasteiger partial charge in [-0.15, -0.1) is 0 Å². The molecule has 30 heavy (non-hydrogen) atoms. The van der Waals surface area contributed by atoms with E-state index in [1.807, 2.05) is 55.8 Å². The van der Waals surface area contributed by atoms with Gasteiger partial charge in [-0.2, -0.15) is 5.10 Å². The van der Waals surface area contributed by atoms with Crippen LogP contribution in [-0.4, -0.2) is 24.4 Å². The van der Waals surface area contributed by atoms with Gasteiger partial charge >= 0.3 is 0 Å². The van der Waals surface area contributed by atoms with E-state index >= 15 is 0 Å². The average Bonchev–Trinajstić information content (AvgIpc) is 3.29. The third-order valence-electron chi connectivity index (χ3n) is 5.19. The van der Waals surface area contributed by atoms with Crippen LogP contribution < -0.4 is 0 Å². The number of halogens is 1. The van der Waals surface area contributed by atoms with Crippen molar-refractivity contribution in [2.24, 2.45) is 7.05 Å². The highest BCUT2D eigenvalue weighted by Crippen LogP contribution is 2.39. The predicted molar refractivity (Wildman–Crippen MR) is 115 cm³/mol. The van der Waals surface area contributed by atoms with Crippen LogP contribution in [0.2, 0.25) is 0 Å². The zero-order chi connectivity index (χ0) is 20.7. The second-order valence-corrected chi connectivity index (χ2v) is 7.26. The van der Waals surface area contributed by atoms with Crippen LogP contribution in [0.15, 0.2) is 79.3 Å². The van der Waals surface area contributed by atoms with Crippen molar-refractivity contribution in [1.82, 2.24) is 19.3 Å². The smallest absolute Gasteiger partial charge is 0.201 e. The van der Waals surface area contributed by atoms with Crippen molar-refractivity contribution in [1.29, 1.82) is 0 Å². The fraction of sp³-hybridized carbons (Fsp3) is 0.0833. The molecule has 0 unspecified atom stereocenters. The molecule has 5 rings (SSSR count). The molecule has 148 valence electrons. The van der Waals surface area contributed by atoms with E-state index in [0.29, 0.717) is 17.4 Å². The highest BCUT2D eigenvalue weighted by Gasteiger charge is 2.19. The minimum absolute atomic E-state index is 0.158. The monoisotopic (exact) mass is 398 g/mol. The Bertz CT molecular complexity index is 1340. The third-order valence-corrected chi connectivity index (χ3v) is 5.19. The van der Waals surface area contributed by atoms with E-state index in [2.05, 4.69) is 10.1 Å². The van der Waals surface area contributed by atoms with Gasteiger partial charge in [-0.3, -0.25) is 9.67 Å². The Morgan fingerprint density at radius 2 is 1.70 bits per heavy atom. The second kappa shape index (κ2) is 7.15. The second-order valence-electron chi connectivity index (χ2n) is 7.26. The van der Waals surface area contributed by atoms with Gasteiger partial charge in [0.2, 0.25) is 5.88 Å². The fourth-order valence-electron chi connectivity index (χ4n) is 3.79. The minimum Gasteiger partial charge on any atom is -0.494 e. The molecule has 0 bridgehead atoms. The molecule has 3 heterocycles. The molecule has 5 aromatic rings. The number of aromatic hydroxyl groups is 1. The third kappa shape index (κ3) is 3.12. The van der Waals surface area contributed by atoms with Crippen molar-refractivity contribution in [3.8, 4) is 28.3 Å². The largest absolute Gasteiger partial charge is 0.494 e. The highest BCUT2D eigenvalue weighted by atomic mass is 19.1. The summed E-state index contributed by atoms with van der Waals surface area (Å²) in [5.41, 5.74) is 5.00. The maximum absolute atomic E-state index is 13.4. The number of benzene rings is 2. The lowest BCUT2D eigenvalue weighted by Gasteiger charge is -2.07. The Hall–Kier alpha value is -3.93. The summed E-state index contributed by atoms with van der Waals surface area (Å²) in [4.78, 5) is 4.45. The molecular formula is C24H19FN4O. The SMILES string of the molecule is Cn1cc(-c2ccnc3cn(Cc4ccccc4)c(O)c23)c(-c2ccc(F)cc2)n1. The van der Waals surface area contributed by atoms with Gasteiger partial charge in [0.15, 0.2) is 0 Å². The van der Waals surface area contributed by atoms with E-state index in [1.54, 1.807) is 27.6 Å². The summed E-state index contributed by atoms with van der Waals surface area (Å²) < 4.78 is 16.9. The predicted octanol–water partition coefficient (Wildman–Crippen LogP) is 5.00. The summed E-state index contributed by atoms with van der Waals surface area (Å²) in [5, 5.41) is 16.3. The Labute approximate surface area is 172 Å². The van der Waals surface area contributed by atoms with Crippen molar-refractivity contribution < 1.29 is 9.50 Å². The number of aryl methyl sites for hydroxylation is 1. The Morgan fingerprint density at radius 3 is 2.47 bits per heavy atom. The molecule has 2 aromatic carbocycles. The van der Waals surface area contributed by atoms with Gasteiger partial charge in [-0.05, 0) is 35.9 Å². The van der Waals surface area contributed by atoms with E-state index in [1.165, 1.54) is 12.1 Å². The number of nitrogens with zero attached hydrogens (tertiary/aromatic N) is 4. The summed E-state index contributed by atoms with van der Waals surface area (Å²) in [6, 6.07) is 18.1. The van der Waals surface area contributed by atoms with Gasteiger partial charge < -0.3 is 9.67 Å². The Kier molecular flexibility index (Phi) is 4.32. The maximum atomic E-state index is 13.4. The lowest BCUT2D eigenvalue weighted by molar-refractivity contribution is 0.430. The first-order valence-corrected chi connectivity index (χ1v) is 9.61. The highest BCUT2D eigenvalue weighted by molar-refractivity contribution is 6.01. The van der Waals surface area contributed by atoms with Gasteiger partial charge in [0.05, 0.1) is 17.4 Å². The summed E-state index contributed by atoms with van der Waals surface area (Å²) in [5.74, 6) is -0.135. The van der Waals surface area contributed by atoms with E-state index in [9.17, 15) is 9.50 Å². The first-order valence-electron chi connectivity index (χ1n) is 9.61. The van der Waals surface area contributed by atoms with E-state index in [4.69, 9.17) is 0 Å². The number of pyridine rings is 1. The van der Waals surface area contributed by atoms with E-state index in [0.717, 1.165) is 27.9 Å². The first-order chi connectivity index (χ1) is 14.6. The normalized spacial score (nSPS) is 11.3. The van der Waals surface area contributed by atoms with E-state index < -0.39 is 0 Å². The molecule has 0 amide bonds. The zero-order valence-corrected chi connectivity index (χ0v) is 16.3. The number of hydrogen-bond donors (Lipinski definition) is 1. The molecule has 1 N–H and O–H groups in total. The molecule has 0 aliphatic rings. The summed E-state index contributed by atoms with van der Waals surface area (Å²) >= 11 is 0. The van der Waals surface area contributed by atoms with Gasteiger partial charge in [0.1, 0.15) is 11.5 Å². The lowest BCUT2D eigenvalue weighted by Crippen LogP contribution is -1.96. The van der Waals surface area contributed by atoms with Gasteiger partial charge in [-0.25, -0.2) is 4.39 Å². The zero-order valence-electron chi connectivity index (χ0n) is 16.3. The number of fused-ring (bicyclic) bond motifs is 1. The lowest BCUT2D eigenvalue weighted by atomic mass is 10.00. The van der Waals surface area contributed by atoms with E-state index in [-0.39, 0.29) is 11.7 Å². The summed E-state index contributed by atoms with van der Waals surface area (Å²) in [6.45, 7) is 0.542. The number of hydrogen-bond acceptors (Lipinski definition) is 3. The van der Waals surface area contributed by atoms with Crippen LogP contribution in [0.1, 0.15) is 5.56 Å². The molecule has 6 heteroatoms. The van der Waals surface area contributed by atoms with Crippen molar-refractivity contribution in [3.63, 3.8) is 0 Å². The summed E-state index contributed by atoms with van der Waals surface area (Å²) in [7, 11) is 1.84. The standard InChI is InChI=1S/C24H19FN4O/c1-28-14-20(23(27-28)17-7-9-18(25)10-8-17)19-11-12-26-21-15-29(24(30)22(19)21)13-16-5-3-2-4-6-16/h2-12,14-15,30H,13H2,1H3. The molecule has 0 saturated heterocycles. The van der Waals surface area contributed by atoms with Crippen molar-refractivity contribution in [3.05, 3.63) is 90.6 Å². The minimum atomic E-state index is -0.293. The molecule has 0 saturated carbocycles. The van der Waals surface area contributed by atoms with Crippen LogP contribution in [0.25, 0.3) is 33.3 Å². The molecular weight excluding hydrogens is 379 g/mol. The van der Waals surface area contributed by atoms with Gasteiger partial charge in [-0.1, -0.05) is 30.3 Å².